The summed E-state index contributed by atoms with van der Waals surface area (Å²) in [5, 5.41) is 7.78. The van der Waals surface area contributed by atoms with Gasteiger partial charge in [0, 0.05) is 12.2 Å². The fraction of sp³-hybridized carbons (Fsp3) is 0.167. The summed E-state index contributed by atoms with van der Waals surface area (Å²) in [6.07, 6.45) is 0. The van der Waals surface area contributed by atoms with Gasteiger partial charge in [-0.25, -0.2) is 9.59 Å². The molecule has 0 heterocycles. The molecule has 130 valence electrons. The highest BCUT2D eigenvalue weighted by Gasteiger charge is 2.07. The maximum atomic E-state index is 11.8. The number of hydrogen-bond acceptors (Lipinski definition) is 4. The molecule has 2 aromatic rings. The Hall–Kier alpha value is -3.35. The normalized spacial score (nSPS) is 9.80. The number of urea groups is 1. The van der Waals surface area contributed by atoms with E-state index >= 15 is 0 Å². The standard InChI is InChI=1S/C18H19N3O4/c1-25-17(23)14-9-7-13(8-10-14)11-19-16(22)12-20-18(24)21-15-5-3-2-4-6-15/h2-10H,11-12H2,1H3,(H,19,22)(H2,20,21,24). The predicted octanol–water partition coefficient (Wildman–Crippen LogP) is 1.91. The van der Waals surface area contributed by atoms with Crippen molar-refractivity contribution in [3.8, 4) is 0 Å². The third-order valence-electron chi connectivity index (χ3n) is 3.31. The summed E-state index contributed by atoms with van der Waals surface area (Å²) in [5.41, 5.74) is 1.91. The van der Waals surface area contributed by atoms with Crippen LogP contribution in [0.1, 0.15) is 15.9 Å². The van der Waals surface area contributed by atoms with Gasteiger partial charge in [0.15, 0.2) is 0 Å². The third kappa shape index (κ3) is 5.98. The average Bonchev–Trinajstić information content (AvgIpc) is 2.65. The fourth-order valence-electron chi connectivity index (χ4n) is 2.00. The van der Waals surface area contributed by atoms with E-state index in [-0.39, 0.29) is 12.5 Å². The summed E-state index contributed by atoms with van der Waals surface area (Å²) < 4.78 is 4.62. The van der Waals surface area contributed by atoms with Crippen LogP contribution in [-0.2, 0) is 16.1 Å². The number of benzene rings is 2. The number of carbonyl (C=O) groups is 3. The number of rotatable bonds is 6. The number of nitrogens with one attached hydrogen (secondary N) is 3. The second-order valence-electron chi connectivity index (χ2n) is 5.14. The van der Waals surface area contributed by atoms with Gasteiger partial charge in [0.25, 0.3) is 0 Å². The molecule has 0 unspecified atom stereocenters. The predicted molar refractivity (Wildman–Crippen MR) is 93.1 cm³/mol. The average molecular weight is 341 g/mol. The van der Waals surface area contributed by atoms with Crippen LogP contribution < -0.4 is 16.0 Å². The number of carbonyl (C=O) groups excluding carboxylic acids is 3. The zero-order chi connectivity index (χ0) is 18.1. The monoisotopic (exact) mass is 341 g/mol. The minimum Gasteiger partial charge on any atom is -0.465 e. The number of anilines is 1. The first-order valence-electron chi connectivity index (χ1n) is 7.62. The minimum absolute atomic E-state index is 0.140. The van der Waals surface area contributed by atoms with E-state index in [1.165, 1.54) is 7.11 Å². The summed E-state index contributed by atoms with van der Waals surface area (Å²) in [7, 11) is 1.32. The zero-order valence-electron chi connectivity index (χ0n) is 13.7. The highest BCUT2D eigenvalue weighted by atomic mass is 16.5. The van der Waals surface area contributed by atoms with Crippen LogP contribution in [0.15, 0.2) is 54.6 Å². The molecule has 0 aliphatic carbocycles. The van der Waals surface area contributed by atoms with Crippen molar-refractivity contribution < 1.29 is 19.1 Å². The number of esters is 1. The summed E-state index contributed by atoms with van der Waals surface area (Å²) in [6, 6.07) is 15.2. The Bertz CT molecular complexity index is 730. The van der Waals surface area contributed by atoms with Crippen molar-refractivity contribution in [3.63, 3.8) is 0 Å². The molecule has 0 radical (unpaired) electrons. The molecule has 0 saturated carbocycles. The van der Waals surface area contributed by atoms with Crippen molar-refractivity contribution >= 4 is 23.6 Å². The fourth-order valence-corrected chi connectivity index (χ4v) is 2.00. The van der Waals surface area contributed by atoms with Crippen LogP contribution in [0.2, 0.25) is 0 Å². The molecule has 7 nitrogen and oxygen atoms in total. The first-order chi connectivity index (χ1) is 12.1. The highest BCUT2D eigenvalue weighted by Crippen LogP contribution is 2.06. The maximum Gasteiger partial charge on any atom is 0.337 e. The number of amides is 3. The van der Waals surface area contributed by atoms with Crippen molar-refractivity contribution in [2.75, 3.05) is 19.0 Å². The van der Waals surface area contributed by atoms with E-state index in [0.29, 0.717) is 17.8 Å². The largest absolute Gasteiger partial charge is 0.465 e. The third-order valence-corrected chi connectivity index (χ3v) is 3.31. The molecule has 0 fully saturated rings. The lowest BCUT2D eigenvalue weighted by atomic mass is 10.1. The lowest BCUT2D eigenvalue weighted by molar-refractivity contribution is -0.120. The second-order valence-corrected chi connectivity index (χ2v) is 5.14. The summed E-state index contributed by atoms with van der Waals surface area (Å²) in [4.78, 5) is 34.8. The Kier molecular flexibility index (Phi) is 6.53. The molecule has 0 aromatic heterocycles. The molecular formula is C18H19N3O4. The quantitative estimate of drug-likeness (QED) is 0.699. The summed E-state index contributed by atoms with van der Waals surface area (Å²) in [6.45, 7) is 0.154. The lowest BCUT2D eigenvalue weighted by Crippen LogP contribution is -2.38. The molecular weight excluding hydrogens is 322 g/mol. The van der Waals surface area contributed by atoms with Gasteiger partial charge in [0.2, 0.25) is 5.91 Å². The van der Waals surface area contributed by atoms with Crippen LogP contribution in [0.5, 0.6) is 0 Å². The van der Waals surface area contributed by atoms with Gasteiger partial charge in [-0.2, -0.15) is 0 Å². The Morgan fingerprint density at radius 2 is 1.60 bits per heavy atom. The van der Waals surface area contributed by atoms with Gasteiger partial charge >= 0.3 is 12.0 Å². The molecule has 25 heavy (non-hydrogen) atoms. The summed E-state index contributed by atoms with van der Waals surface area (Å²) >= 11 is 0. The molecule has 0 aliphatic rings. The van der Waals surface area contributed by atoms with E-state index in [1.54, 1.807) is 48.5 Å². The number of para-hydroxylation sites is 1. The summed E-state index contributed by atoms with van der Waals surface area (Å²) in [5.74, 6) is -0.732. The van der Waals surface area contributed by atoms with E-state index in [1.807, 2.05) is 6.07 Å². The van der Waals surface area contributed by atoms with Gasteiger partial charge in [-0.05, 0) is 29.8 Å². The number of methoxy groups -OCH3 is 1. The molecule has 0 spiro atoms. The van der Waals surface area contributed by atoms with Gasteiger partial charge in [0.05, 0.1) is 19.2 Å². The van der Waals surface area contributed by atoms with Gasteiger partial charge in [-0.1, -0.05) is 30.3 Å². The second kappa shape index (κ2) is 9.07. The van der Waals surface area contributed by atoms with Gasteiger partial charge in [0.1, 0.15) is 0 Å². The van der Waals surface area contributed by atoms with E-state index in [4.69, 9.17) is 0 Å². The molecule has 2 rings (SSSR count). The van der Waals surface area contributed by atoms with Gasteiger partial charge in [-0.15, -0.1) is 0 Å². The molecule has 0 aliphatic heterocycles. The highest BCUT2D eigenvalue weighted by molar-refractivity contribution is 5.92. The SMILES string of the molecule is COC(=O)c1ccc(CNC(=O)CNC(=O)Nc2ccccc2)cc1. The van der Waals surface area contributed by atoms with Crippen LogP contribution in [0, 0.1) is 0 Å². The van der Waals surface area contributed by atoms with Gasteiger partial charge in [-0.3, -0.25) is 4.79 Å². The lowest BCUT2D eigenvalue weighted by Gasteiger charge is -2.09. The maximum absolute atomic E-state index is 11.8. The minimum atomic E-state index is -0.455. The van der Waals surface area contributed by atoms with Crippen molar-refractivity contribution in [2.24, 2.45) is 0 Å². The molecule has 0 saturated heterocycles. The van der Waals surface area contributed by atoms with Crippen LogP contribution in [-0.4, -0.2) is 31.6 Å². The van der Waals surface area contributed by atoms with E-state index in [2.05, 4.69) is 20.7 Å². The molecule has 0 bridgehead atoms. The molecule has 7 heteroatoms. The van der Waals surface area contributed by atoms with E-state index in [9.17, 15) is 14.4 Å². The Balaban J connectivity index is 1.71. The van der Waals surface area contributed by atoms with Gasteiger partial charge < -0.3 is 20.7 Å². The Morgan fingerprint density at radius 1 is 0.920 bits per heavy atom. The van der Waals surface area contributed by atoms with E-state index in [0.717, 1.165) is 5.56 Å². The van der Waals surface area contributed by atoms with Crippen molar-refractivity contribution in [1.82, 2.24) is 10.6 Å². The first kappa shape index (κ1) is 18.0. The zero-order valence-corrected chi connectivity index (χ0v) is 13.7. The van der Waals surface area contributed by atoms with Crippen LogP contribution >= 0.6 is 0 Å². The van der Waals surface area contributed by atoms with Crippen LogP contribution in [0.25, 0.3) is 0 Å². The smallest absolute Gasteiger partial charge is 0.337 e. The topological polar surface area (TPSA) is 96.5 Å². The van der Waals surface area contributed by atoms with E-state index < -0.39 is 12.0 Å². The molecule has 3 amide bonds. The van der Waals surface area contributed by atoms with Crippen LogP contribution in [0.3, 0.4) is 0 Å². The first-order valence-corrected chi connectivity index (χ1v) is 7.62. The van der Waals surface area contributed by atoms with Crippen molar-refractivity contribution in [1.29, 1.82) is 0 Å². The molecule has 0 atom stereocenters. The van der Waals surface area contributed by atoms with Crippen molar-refractivity contribution in [3.05, 3.63) is 65.7 Å². The Labute approximate surface area is 145 Å². The van der Waals surface area contributed by atoms with Crippen molar-refractivity contribution in [2.45, 2.75) is 6.54 Å². The molecule has 2 aromatic carbocycles. The molecule has 3 N–H and O–H groups in total. The Morgan fingerprint density at radius 3 is 2.24 bits per heavy atom. The number of hydrogen-bond donors (Lipinski definition) is 3. The number of ether oxygens (including phenoxy) is 1. The van der Waals surface area contributed by atoms with Crippen LogP contribution in [0.4, 0.5) is 10.5 Å².